The number of fused-ring (bicyclic) bond motifs is 1. The van der Waals surface area contributed by atoms with Crippen LogP contribution in [-0.2, 0) is 15.3 Å². The van der Waals surface area contributed by atoms with Crippen molar-refractivity contribution in [1.82, 2.24) is 0 Å². The Bertz CT molecular complexity index is 745. The van der Waals surface area contributed by atoms with E-state index in [1.807, 2.05) is 13.0 Å². The van der Waals surface area contributed by atoms with Gasteiger partial charge in [-0.25, -0.2) is 8.42 Å². The van der Waals surface area contributed by atoms with Crippen molar-refractivity contribution in [2.45, 2.75) is 83.0 Å². The van der Waals surface area contributed by atoms with Gasteiger partial charge in [-0.2, -0.15) is 0 Å². The number of hydrogen-bond donors (Lipinski definition) is 0. The molecule has 0 unspecified atom stereocenters. The Morgan fingerprint density at radius 1 is 1.19 bits per heavy atom. The second-order valence-electron chi connectivity index (χ2n) is 8.19. The van der Waals surface area contributed by atoms with Crippen LogP contribution in [0.4, 0.5) is 0 Å². The molecule has 146 valence electrons. The Hall–Kier alpha value is -1.29. The van der Waals surface area contributed by atoms with Crippen molar-refractivity contribution in [2.24, 2.45) is 0 Å². The van der Waals surface area contributed by atoms with Crippen LogP contribution in [0.5, 0.6) is 5.75 Å². The molecule has 3 nitrogen and oxygen atoms in total. The van der Waals surface area contributed by atoms with Gasteiger partial charge in [-0.15, -0.1) is 0 Å². The molecule has 1 heterocycles. The normalized spacial score (nSPS) is 18.0. The minimum atomic E-state index is -3.27. The van der Waals surface area contributed by atoms with Crippen LogP contribution in [0.2, 0.25) is 0 Å². The van der Waals surface area contributed by atoms with Crippen molar-refractivity contribution in [3.63, 3.8) is 0 Å². The van der Waals surface area contributed by atoms with Gasteiger partial charge in [-0.05, 0) is 54.9 Å². The first-order valence-electron chi connectivity index (χ1n) is 9.89. The number of rotatable bonds is 8. The van der Waals surface area contributed by atoms with E-state index in [1.54, 1.807) is 6.07 Å². The first kappa shape index (κ1) is 21.0. The van der Waals surface area contributed by atoms with E-state index in [1.165, 1.54) is 19.3 Å². The van der Waals surface area contributed by atoms with Crippen molar-refractivity contribution in [2.75, 3.05) is 12.4 Å². The standard InChI is InChI=1S/C22H34O3S/c1-6-7-8-9-10-13-25-20-16-21-19(15-18(20)17(2)3)22(4,5)12-11-14-26(21,23)24/h15-16H,2,6-14H2,1,3-5H3. The molecule has 1 aromatic rings. The molecule has 1 aliphatic heterocycles. The lowest BCUT2D eigenvalue weighted by atomic mass is 9.79. The molecule has 26 heavy (non-hydrogen) atoms. The molecule has 2 rings (SSSR count). The van der Waals surface area contributed by atoms with E-state index < -0.39 is 9.84 Å². The molecule has 0 amide bonds. The zero-order chi connectivity index (χ0) is 19.4. The fourth-order valence-electron chi connectivity index (χ4n) is 3.64. The fraction of sp³-hybridized carbons (Fsp3) is 0.636. The number of sulfone groups is 1. The zero-order valence-corrected chi connectivity index (χ0v) is 17.7. The molecule has 0 N–H and O–H groups in total. The number of allylic oxidation sites excluding steroid dienone is 1. The Morgan fingerprint density at radius 3 is 2.54 bits per heavy atom. The summed E-state index contributed by atoms with van der Waals surface area (Å²) in [4.78, 5) is 0.450. The molecule has 0 saturated heterocycles. The van der Waals surface area contributed by atoms with E-state index in [9.17, 15) is 8.42 Å². The largest absolute Gasteiger partial charge is 0.493 e. The maximum Gasteiger partial charge on any atom is 0.178 e. The van der Waals surface area contributed by atoms with Crippen LogP contribution < -0.4 is 4.74 Å². The van der Waals surface area contributed by atoms with Crippen LogP contribution in [0.1, 0.15) is 83.8 Å². The van der Waals surface area contributed by atoms with Gasteiger partial charge in [0.2, 0.25) is 0 Å². The van der Waals surface area contributed by atoms with Crippen LogP contribution in [0.25, 0.3) is 5.57 Å². The van der Waals surface area contributed by atoms with Gasteiger partial charge in [0.25, 0.3) is 0 Å². The molecule has 0 bridgehead atoms. The highest BCUT2D eigenvalue weighted by Gasteiger charge is 2.34. The lowest BCUT2D eigenvalue weighted by Crippen LogP contribution is -2.18. The predicted octanol–water partition coefficient (Wildman–Crippen LogP) is 5.91. The third-order valence-corrected chi connectivity index (χ3v) is 7.16. The average molecular weight is 379 g/mol. The molecular weight excluding hydrogens is 344 g/mol. The van der Waals surface area contributed by atoms with Crippen LogP contribution in [0, 0.1) is 0 Å². The maximum absolute atomic E-state index is 12.8. The van der Waals surface area contributed by atoms with E-state index in [4.69, 9.17) is 4.74 Å². The summed E-state index contributed by atoms with van der Waals surface area (Å²) in [7, 11) is -3.27. The van der Waals surface area contributed by atoms with E-state index in [0.29, 0.717) is 23.7 Å². The van der Waals surface area contributed by atoms with E-state index >= 15 is 0 Å². The molecule has 0 radical (unpaired) electrons. The zero-order valence-electron chi connectivity index (χ0n) is 16.9. The average Bonchev–Trinajstić information content (AvgIpc) is 2.64. The second kappa shape index (κ2) is 8.60. The van der Waals surface area contributed by atoms with Crippen molar-refractivity contribution < 1.29 is 13.2 Å². The minimum Gasteiger partial charge on any atom is -0.493 e. The smallest absolute Gasteiger partial charge is 0.178 e. The highest BCUT2D eigenvalue weighted by molar-refractivity contribution is 7.91. The van der Waals surface area contributed by atoms with E-state index in [0.717, 1.165) is 36.0 Å². The Morgan fingerprint density at radius 2 is 1.88 bits per heavy atom. The fourth-order valence-corrected chi connectivity index (χ4v) is 5.34. The molecule has 0 saturated carbocycles. The van der Waals surface area contributed by atoms with Crippen molar-refractivity contribution in [3.8, 4) is 5.75 Å². The highest BCUT2D eigenvalue weighted by atomic mass is 32.2. The molecular formula is C22H34O3S. The summed E-state index contributed by atoms with van der Waals surface area (Å²) < 4.78 is 31.6. The summed E-state index contributed by atoms with van der Waals surface area (Å²) in [5, 5.41) is 0. The number of benzene rings is 1. The van der Waals surface area contributed by atoms with Gasteiger partial charge in [-0.1, -0.05) is 53.0 Å². The third-order valence-electron chi connectivity index (χ3n) is 5.33. The molecule has 0 aromatic heterocycles. The van der Waals surface area contributed by atoms with Gasteiger partial charge in [-0.3, -0.25) is 0 Å². The third kappa shape index (κ3) is 4.91. The topological polar surface area (TPSA) is 43.4 Å². The maximum atomic E-state index is 12.8. The first-order chi connectivity index (χ1) is 12.2. The van der Waals surface area contributed by atoms with E-state index in [-0.39, 0.29) is 11.2 Å². The van der Waals surface area contributed by atoms with Gasteiger partial charge in [0.1, 0.15) is 5.75 Å². The van der Waals surface area contributed by atoms with Crippen LogP contribution in [0.3, 0.4) is 0 Å². The lowest BCUT2D eigenvalue weighted by Gasteiger charge is -2.26. The lowest BCUT2D eigenvalue weighted by molar-refractivity contribution is 0.302. The van der Waals surface area contributed by atoms with E-state index in [2.05, 4.69) is 27.4 Å². The van der Waals surface area contributed by atoms with Gasteiger partial charge >= 0.3 is 0 Å². The number of ether oxygens (including phenoxy) is 1. The minimum absolute atomic E-state index is 0.165. The Labute approximate surface area is 159 Å². The summed E-state index contributed by atoms with van der Waals surface area (Å²) in [6.45, 7) is 13.1. The van der Waals surface area contributed by atoms with Crippen molar-refractivity contribution >= 4 is 15.4 Å². The molecule has 0 spiro atoms. The summed E-state index contributed by atoms with van der Waals surface area (Å²) in [6.07, 6.45) is 7.40. The summed E-state index contributed by atoms with van der Waals surface area (Å²) in [6, 6.07) is 3.76. The summed E-state index contributed by atoms with van der Waals surface area (Å²) in [5.41, 5.74) is 2.58. The quantitative estimate of drug-likeness (QED) is 0.528. The highest BCUT2D eigenvalue weighted by Crippen LogP contribution is 2.41. The second-order valence-corrected chi connectivity index (χ2v) is 10.3. The predicted molar refractivity (Wildman–Crippen MR) is 110 cm³/mol. The van der Waals surface area contributed by atoms with Crippen LogP contribution >= 0.6 is 0 Å². The summed E-state index contributed by atoms with van der Waals surface area (Å²) in [5.74, 6) is 0.875. The molecule has 4 heteroatoms. The molecule has 1 aromatic carbocycles. The molecule has 0 aliphatic carbocycles. The monoisotopic (exact) mass is 378 g/mol. The van der Waals surface area contributed by atoms with Crippen molar-refractivity contribution in [1.29, 1.82) is 0 Å². The van der Waals surface area contributed by atoms with Gasteiger partial charge in [0.05, 0.1) is 17.3 Å². The molecule has 1 aliphatic rings. The molecule has 0 fully saturated rings. The number of hydrogen-bond acceptors (Lipinski definition) is 3. The number of unbranched alkanes of at least 4 members (excludes halogenated alkanes) is 4. The Kier molecular flexibility index (Phi) is 6.95. The van der Waals surface area contributed by atoms with Crippen molar-refractivity contribution in [3.05, 3.63) is 29.8 Å². The van der Waals surface area contributed by atoms with Gasteiger partial charge < -0.3 is 4.74 Å². The molecule has 0 atom stereocenters. The van der Waals surface area contributed by atoms with Crippen LogP contribution in [0.15, 0.2) is 23.6 Å². The van der Waals surface area contributed by atoms with Gasteiger partial charge in [0.15, 0.2) is 9.84 Å². The van der Waals surface area contributed by atoms with Gasteiger partial charge in [0, 0.05) is 5.56 Å². The summed E-state index contributed by atoms with van der Waals surface area (Å²) >= 11 is 0. The Balaban J connectivity index is 2.34. The SMILES string of the molecule is C=C(C)c1cc2c(cc1OCCCCCCC)S(=O)(=O)CCCC2(C)C. The first-order valence-corrected chi connectivity index (χ1v) is 11.5. The van der Waals surface area contributed by atoms with Crippen LogP contribution in [-0.4, -0.2) is 20.8 Å².